The van der Waals surface area contributed by atoms with Gasteiger partial charge in [0.25, 0.3) is 0 Å². The molecule has 4 heterocycles. The number of carbonyl (C=O) groups is 1. The normalized spacial score (nSPS) is 11.3. The van der Waals surface area contributed by atoms with E-state index >= 15 is 0 Å². The van der Waals surface area contributed by atoms with Gasteiger partial charge in [0.2, 0.25) is 10.9 Å². The summed E-state index contributed by atoms with van der Waals surface area (Å²) in [6.45, 7) is 4.26. The second kappa shape index (κ2) is 8.77. The van der Waals surface area contributed by atoms with Crippen LogP contribution in [-0.2, 0) is 11.3 Å². The number of nitrogens with zero attached hydrogens (tertiary/aromatic N) is 5. The molecule has 0 radical (unpaired) electrons. The van der Waals surface area contributed by atoms with Gasteiger partial charge in [-0.2, -0.15) is 5.26 Å². The van der Waals surface area contributed by atoms with Crippen molar-refractivity contribution in [2.75, 3.05) is 11.1 Å². The van der Waals surface area contributed by atoms with E-state index in [2.05, 4.69) is 27.6 Å². The summed E-state index contributed by atoms with van der Waals surface area (Å²) in [6, 6.07) is 14.0. The van der Waals surface area contributed by atoms with Crippen molar-refractivity contribution >= 4 is 50.0 Å². The van der Waals surface area contributed by atoms with E-state index in [1.807, 2.05) is 53.1 Å². The summed E-state index contributed by atoms with van der Waals surface area (Å²) in [5, 5.41) is 21.9. The van der Waals surface area contributed by atoms with Crippen LogP contribution in [0.5, 0.6) is 0 Å². The lowest BCUT2D eigenvalue weighted by Gasteiger charge is -2.12. The van der Waals surface area contributed by atoms with Crippen LogP contribution in [-0.4, -0.2) is 30.8 Å². The number of benzene rings is 1. The molecule has 0 fully saturated rings. The Morgan fingerprint density at radius 2 is 2.09 bits per heavy atom. The van der Waals surface area contributed by atoms with Crippen molar-refractivity contribution in [3.8, 4) is 6.07 Å². The quantitative estimate of drug-likeness (QED) is 0.332. The molecule has 0 saturated carbocycles. The van der Waals surface area contributed by atoms with Gasteiger partial charge >= 0.3 is 0 Å². The van der Waals surface area contributed by atoms with Crippen LogP contribution in [0.15, 0.2) is 52.2 Å². The molecular weight excluding hydrogens is 456 g/mol. The molecule has 0 saturated heterocycles. The molecule has 33 heavy (non-hydrogen) atoms. The molecule has 8 nitrogen and oxygen atoms in total. The number of fused-ring (bicyclic) bond motifs is 3. The average Bonchev–Trinajstić information content (AvgIpc) is 3.57. The van der Waals surface area contributed by atoms with Crippen LogP contribution in [0.2, 0.25) is 0 Å². The number of hydrogen-bond acceptors (Lipinski definition) is 7. The molecule has 10 heteroatoms. The number of hydrogen-bond donors (Lipinski definition) is 1. The van der Waals surface area contributed by atoms with Crippen LogP contribution >= 0.6 is 23.1 Å². The SMILES string of the molecule is Cc1c(C#N)c(NC(=O)CCSc2nnc3sc4ccccc4n23)n(Cc2ccco2)c1C. The Balaban J connectivity index is 1.30. The summed E-state index contributed by atoms with van der Waals surface area (Å²) < 4.78 is 10.6. The van der Waals surface area contributed by atoms with Gasteiger partial charge in [-0.15, -0.1) is 10.2 Å². The van der Waals surface area contributed by atoms with Crippen molar-refractivity contribution < 1.29 is 9.21 Å². The molecule has 0 atom stereocenters. The van der Waals surface area contributed by atoms with E-state index in [9.17, 15) is 10.1 Å². The Morgan fingerprint density at radius 3 is 2.88 bits per heavy atom. The van der Waals surface area contributed by atoms with Crippen molar-refractivity contribution in [1.82, 2.24) is 19.2 Å². The molecular formula is C23H20N6O2S2. The molecule has 0 aliphatic rings. The third-order valence-corrected chi connectivity index (χ3v) is 7.51. The van der Waals surface area contributed by atoms with Crippen LogP contribution in [0, 0.1) is 25.2 Å². The Bertz CT molecular complexity index is 1500. The van der Waals surface area contributed by atoms with E-state index in [0.29, 0.717) is 23.7 Å². The van der Waals surface area contributed by atoms with E-state index in [-0.39, 0.29) is 12.3 Å². The Labute approximate surface area is 197 Å². The van der Waals surface area contributed by atoms with Crippen LogP contribution in [0.25, 0.3) is 15.2 Å². The molecule has 0 bridgehead atoms. The van der Waals surface area contributed by atoms with E-state index in [4.69, 9.17) is 4.42 Å². The Kier molecular flexibility index (Phi) is 5.66. The standard InChI is InChI=1S/C23H20N6O2S2/c1-14-15(2)28(13-16-6-5-10-31-16)21(17(14)12-24)25-20(30)9-11-32-22-26-27-23-29(22)18-7-3-4-8-19(18)33-23/h3-8,10H,9,11,13H2,1-2H3,(H,25,30). The van der Waals surface area contributed by atoms with Crippen molar-refractivity contribution in [3.05, 3.63) is 65.2 Å². The van der Waals surface area contributed by atoms with Gasteiger partial charge in [0.1, 0.15) is 17.6 Å². The first kappa shape index (κ1) is 21.3. The number of amides is 1. The lowest BCUT2D eigenvalue weighted by molar-refractivity contribution is -0.115. The highest BCUT2D eigenvalue weighted by Crippen LogP contribution is 2.30. The van der Waals surface area contributed by atoms with E-state index in [0.717, 1.165) is 37.4 Å². The van der Waals surface area contributed by atoms with Gasteiger partial charge in [0.05, 0.1) is 28.6 Å². The second-order valence-corrected chi connectivity index (χ2v) is 9.60. The number of nitrogens with one attached hydrogen (secondary N) is 1. The minimum atomic E-state index is -0.159. The maximum Gasteiger partial charge on any atom is 0.226 e. The predicted molar refractivity (Wildman–Crippen MR) is 129 cm³/mol. The number of aromatic nitrogens is 4. The fraction of sp³-hybridized carbons (Fsp3) is 0.217. The summed E-state index contributed by atoms with van der Waals surface area (Å²) in [6.07, 6.45) is 1.89. The summed E-state index contributed by atoms with van der Waals surface area (Å²) in [7, 11) is 0. The van der Waals surface area contributed by atoms with Gasteiger partial charge in [-0.3, -0.25) is 9.20 Å². The number of nitriles is 1. The molecule has 0 aliphatic heterocycles. The highest BCUT2D eigenvalue weighted by atomic mass is 32.2. The highest BCUT2D eigenvalue weighted by Gasteiger charge is 2.20. The first-order chi connectivity index (χ1) is 16.1. The van der Waals surface area contributed by atoms with Gasteiger partial charge in [0, 0.05) is 17.9 Å². The van der Waals surface area contributed by atoms with Crippen LogP contribution < -0.4 is 5.32 Å². The molecule has 0 unspecified atom stereocenters. The zero-order chi connectivity index (χ0) is 22.9. The molecule has 1 N–H and O–H groups in total. The summed E-state index contributed by atoms with van der Waals surface area (Å²) in [5.41, 5.74) is 3.31. The van der Waals surface area contributed by atoms with E-state index in [1.165, 1.54) is 11.8 Å². The summed E-state index contributed by atoms with van der Waals surface area (Å²) >= 11 is 3.08. The Morgan fingerprint density at radius 1 is 1.24 bits per heavy atom. The van der Waals surface area contributed by atoms with Crippen molar-refractivity contribution in [3.63, 3.8) is 0 Å². The van der Waals surface area contributed by atoms with E-state index < -0.39 is 0 Å². The minimum absolute atomic E-state index is 0.159. The fourth-order valence-electron chi connectivity index (χ4n) is 3.76. The third kappa shape index (κ3) is 3.90. The number of carbonyl (C=O) groups excluding carboxylic acids is 1. The first-order valence-corrected chi connectivity index (χ1v) is 12.1. The Hall–Kier alpha value is -3.55. The highest BCUT2D eigenvalue weighted by molar-refractivity contribution is 7.99. The average molecular weight is 477 g/mol. The minimum Gasteiger partial charge on any atom is -0.467 e. The fourth-order valence-corrected chi connectivity index (χ4v) is 5.67. The zero-order valence-corrected chi connectivity index (χ0v) is 19.7. The molecule has 0 aliphatic carbocycles. The van der Waals surface area contributed by atoms with Crippen molar-refractivity contribution in [2.45, 2.75) is 32.0 Å². The molecule has 166 valence electrons. The largest absolute Gasteiger partial charge is 0.467 e. The number of thiazole rings is 1. The van der Waals surface area contributed by atoms with Gasteiger partial charge in [-0.25, -0.2) is 0 Å². The molecule has 4 aromatic heterocycles. The lowest BCUT2D eigenvalue weighted by Crippen LogP contribution is -2.17. The van der Waals surface area contributed by atoms with Gasteiger partial charge in [-0.1, -0.05) is 35.2 Å². The van der Waals surface area contributed by atoms with E-state index in [1.54, 1.807) is 17.6 Å². The monoisotopic (exact) mass is 476 g/mol. The van der Waals surface area contributed by atoms with Crippen molar-refractivity contribution in [2.24, 2.45) is 0 Å². The van der Waals surface area contributed by atoms with Gasteiger partial charge < -0.3 is 14.3 Å². The third-order valence-electron chi connectivity index (χ3n) is 5.56. The maximum atomic E-state index is 12.8. The van der Waals surface area contributed by atoms with Crippen LogP contribution in [0.3, 0.4) is 0 Å². The molecule has 5 rings (SSSR count). The number of para-hydroxylation sites is 1. The predicted octanol–water partition coefficient (Wildman–Crippen LogP) is 5.00. The zero-order valence-electron chi connectivity index (χ0n) is 18.0. The number of anilines is 1. The molecule has 5 aromatic rings. The van der Waals surface area contributed by atoms with Crippen LogP contribution in [0.1, 0.15) is 29.0 Å². The number of rotatable bonds is 7. The maximum absolute atomic E-state index is 12.8. The lowest BCUT2D eigenvalue weighted by atomic mass is 10.2. The molecule has 1 amide bonds. The molecule has 0 spiro atoms. The van der Waals surface area contributed by atoms with Crippen LogP contribution in [0.4, 0.5) is 5.82 Å². The van der Waals surface area contributed by atoms with Gasteiger partial charge in [-0.05, 0) is 43.7 Å². The number of furan rings is 1. The van der Waals surface area contributed by atoms with Gasteiger partial charge in [0.15, 0.2) is 5.16 Å². The summed E-state index contributed by atoms with van der Waals surface area (Å²) in [4.78, 5) is 13.6. The first-order valence-electron chi connectivity index (χ1n) is 10.3. The second-order valence-electron chi connectivity index (χ2n) is 7.53. The summed E-state index contributed by atoms with van der Waals surface area (Å²) in [5.74, 6) is 1.64. The van der Waals surface area contributed by atoms with Crippen molar-refractivity contribution in [1.29, 1.82) is 5.26 Å². The number of thioether (sulfide) groups is 1. The molecule has 1 aromatic carbocycles. The smallest absolute Gasteiger partial charge is 0.226 e. The topological polar surface area (TPSA) is 101 Å².